The summed E-state index contributed by atoms with van der Waals surface area (Å²) in [5, 5.41) is 0. The zero-order valence-electron chi connectivity index (χ0n) is 14.7. The van der Waals surface area contributed by atoms with E-state index in [0.717, 1.165) is 18.2 Å². The molecule has 1 atom stereocenters. The zero-order chi connectivity index (χ0) is 19.6. The van der Waals surface area contributed by atoms with Crippen molar-refractivity contribution in [2.75, 3.05) is 13.2 Å². The van der Waals surface area contributed by atoms with Gasteiger partial charge in [-0.05, 0) is 48.7 Å². The minimum absolute atomic E-state index is 0.0555. The van der Waals surface area contributed by atoms with Crippen molar-refractivity contribution in [1.82, 2.24) is 4.72 Å². The van der Waals surface area contributed by atoms with Crippen molar-refractivity contribution in [1.29, 1.82) is 0 Å². The summed E-state index contributed by atoms with van der Waals surface area (Å²) in [5.41, 5.74) is 0.902. The highest BCUT2D eigenvalue weighted by Gasteiger charge is 2.25. The first-order chi connectivity index (χ1) is 12.7. The number of halogens is 2. The molecular formula is C19H19F2NO4S. The number of nitrogens with one attached hydrogen (secondary N) is 1. The van der Waals surface area contributed by atoms with Gasteiger partial charge >= 0.3 is 0 Å². The lowest BCUT2D eigenvalue weighted by Crippen LogP contribution is -2.35. The van der Waals surface area contributed by atoms with E-state index in [1.807, 2.05) is 0 Å². The molecule has 3 rings (SSSR count). The number of rotatable bonds is 6. The lowest BCUT2D eigenvalue weighted by atomic mass is 10.0. The van der Waals surface area contributed by atoms with Crippen molar-refractivity contribution in [3.8, 4) is 0 Å². The van der Waals surface area contributed by atoms with Crippen LogP contribution in [0.1, 0.15) is 27.9 Å². The molecule has 27 heavy (non-hydrogen) atoms. The molecule has 2 aromatic carbocycles. The first kappa shape index (κ1) is 19.6. The van der Waals surface area contributed by atoms with Crippen molar-refractivity contribution >= 4 is 15.8 Å². The summed E-state index contributed by atoms with van der Waals surface area (Å²) in [5.74, 6) is -1.66. The molecule has 1 fully saturated rings. The van der Waals surface area contributed by atoms with Gasteiger partial charge in [0.25, 0.3) is 0 Å². The average molecular weight is 395 g/mol. The van der Waals surface area contributed by atoms with E-state index in [9.17, 15) is 22.0 Å². The molecule has 2 aromatic rings. The number of hydrogen-bond acceptors (Lipinski definition) is 4. The van der Waals surface area contributed by atoms with Gasteiger partial charge in [0.1, 0.15) is 11.6 Å². The van der Waals surface area contributed by atoms with Gasteiger partial charge in [-0.2, -0.15) is 0 Å². The number of ketones is 1. The highest BCUT2D eigenvalue weighted by atomic mass is 32.2. The van der Waals surface area contributed by atoms with E-state index in [-0.39, 0.29) is 35.3 Å². The second-order valence-corrected chi connectivity index (χ2v) is 8.25. The Bertz CT molecular complexity index is 970. The van der Waals surface area contributed by atoms with Gasteiger partial charge in [0.2, 0.25) is 10.0 Å². The van der Waals surface area contributed by atoms with E-state index < -0.39 is 21.6 Å². The van der Waals surface area contributed by atoms with Gasteiger partial charge < -0.3 is 4.74 Å². The van der Waals surface area contributed by atoms with E-state index in [0.29, 0.717) is 24.2 Å². The van der Waals surface area contributed by atoms with Crippen molar-refractivity contribution in [2.24, 2.45) is 0 Å². The summed E-state index contributed by atoms with van der Waals surface area (Å²) in [4.78, 5) is 12.2. The fourth-order valence-corrected chi connectivity index (χ4v) is 4.21. The molecule has 1 saturated heterocycles. The summed E-state index contributed by atoms with van der Waals surface area (Å²) in [6.07, 6.45) is 0.443. The Kier molecular flexibility index (Phi) is 5.69. The predicted molar refractivity (Wildman–Crippen MR) is 95.1 cm³/mol. The van der Waals surface area contributed by atoms with Gasteiger partial charge in [-0.25, -0.2) is 21.9 Å². The predicted octanol–water partition coefficient (Wildman–Crippen LogP) is 2.77. The fourth-order valence-electron chi connectivity index (χ4n) is 2.90. The van der Waals surface area contributed by atoms with E-state index >= 15 is 0 Å². The second-order valence-electron chi connectivity index (χ2n) is 6.54. The van der Waals surface area contributed by atoms with Crippen LogP contribution >= 0.6 is 0 Å². The van der Waals surface area contributed by atoms with Crippen LogP contribution in [0.3, 0.4) is 0 Å². The maximum absolute atomic E-state index is 14.0. The lowest BCUT2D eigenvalue weighted by Gasteiger charge is -2.12. The summed E-state index contributed by atoms with van der Waals surface area (Å²) in [7, 11) is -3.98. The van der Waals surface area contributed by atoms with Crippen molar-refractivity contribution in [3.63, 3.8) is 0 Å². The Morgan fingerprint density at radius 1 is 1.22 bits per heavy atom. The quantitative estimate of drug-likeness (QED) is 0.764. The first-order valence-electron chi connectivity index (χ1n) is 8.43. The lowest BCUT2D eigenvalue weighted by molar-refractivity contribution is 0.0992. The number of carbonyl (C=O) groups excluding carboxylic acids is 1. The van der Waals surface area contributed by atoms with Gasteiger partial charge in [0, 0.05) is 24.6 Å². The highest BCUT2D eigenvalue weighted by molar-refractivity contribution is 7.89. The fraction of sp³-hybridized carbons (Fsp3) is 0.316. The van der Waals surface area contributed by atoms with Crippen LogP contribution in [0.2, 0.25) is 0 Å². The number of hydrogen-bond donors (Lipinski definition) is 1. The Morgan fingerprint density at radius 2 is 2.00 bits per heavy atom. The molecule has 0 aliphatic carbocycles. The van der Waals surface area contributed by atoms with Crippen molar-refractivity contribution in [3.05, 3.63) is 64.7 Å². The molecule has 0 amide bonds. The molecule has 1 aliphatic rings. The first-order valence-corrected chi connectivity index (χ1v) is 9.92. The standard InChI is InChI=1S/C19H19F2NO4S/c1-12-6-13(2-3-18(12)21)7-19(23)14-8-15(20)10-17(9-14)27(24,25)22-16-4-5-26-11-16/h2-3,6,8-10,16,22H,4-5,7,11H2,1H3/t16-/m0/s1. The molecular weight excluding hydrogens is 376 g/mol. The van der Waals surface area contributed by atoms with E-state index in [1.165, 1.54) is 18.2 Å². The molecule has 0 spiro atoms. The molecule has 144 valence electrons. The zero-order valence-corrected chi connectivity index (χ0v) is 15.5. The highest BCUT2D eigenvalue weighted by Crippen LogP contribution is 2.19. The van der Waals surface area contributed by atoms with E-state index in [2.05, 4.69) is 4.72 Å². The van der Waals surface area contributed by atoms with Crippen LogP contribution in [0, 0.1) is 18.6 Å². The van der Waals surface area contributed by atoms with Gasteiger partial charge in [-0.1, -0.05) is 12.1 Å². The van der Waals surface area contributed by atoms with Crippen LogP contribution in [-0.2, 0) is 21.2 Å². The molecule has 1 N–H and O–H groups in total. The Balaban J connectivity index is 1.83. The third-order valence-electron chi connectivity index (χ3n) is 4.34. The molecule has 0 saturated carbocycles. The van der Waals surface area contributed by atoms with Crippen LogP contribution in [0.5, 0.6) is 0 Å². The van der Waals surface area contributed by atoms with Crippen molar-refractivity contribution < 1.29 is 26.7 Å². The summed E-state index contributed by atoms with van der Waals surface area (Å²) < 4.78 is 59.8. The Labute approximate surface area is 156 Å². The molecule has 0 radical (unpaired) electrons. The summed E-state index contributed by atoms with van der Waals surface area (Å²) in [6.45, 7) is 2.29. The van der Waals surface area contributed by atoms with Crippen LogP contribution in [-0.4, -0.2) is 33.5 Å². The monoisotopic (exact) mass is 395 g/mol. The SMILES string of the molecule is Cc1cc(CC(=O)c2cc(F)cc(S(=O)(=O)N[C@H]3CCOC3)c2)ccc1F. The third-order valence-corrected chi connectivity index (χ3v) is 5.84. The van der Waals surface area contributed by atoms with Crippen LogP contribution < -0.4 is 4.72 Å². The van der Waals surface area contributed by atoms with E-state index in [1.54, 1.807) is 6.92 Å². The molecule has 0 aromatic heterocycles. The smallest absolute Gasteiger partial charge is 0.241 e. The summed E-state index contributed by atoms with van der Waals surface area (Å²) >= 11 is 0. The van der Waals surface area contributed by atoms with Gasteiger partial charge in [-0.3, -0.25) is 4.79 Å². The topological polar surface area (TPSA) is 72.5 Å². The molecule has 0 unspecified atom stereocenters. The van der Waals surface area contributed by atoms with Crippen LogP contribution in [0.4, 0.5) is 8.78 Å². The molecule has 5 nitrogen and oxygen atoms in total. The summed E-state index contributed by atoms with van der Waals surface area (Å²) in [6, 6.07) is 6.91. The molecule has 8 heteroatoms. The number of benzene rings is 2. The largest absolute Gasteiger partial charge is 0.380 e. The number of aryl methyl sites for hydroxylation is 1. The van der Waals surface area contributed by atoms with Crippen LogP contribution in [0.25, 0.3) is 0 Å². The normalized spacial score (nSPS) is 17.2. The third kappa shape index (κ3) is 4.77. The van der Waals surface area contributed by atoms with Gasteiger partial charge in [0.15, 0.2) is 5.78 Å². The Hall–Kier alpha value is -2.16. The Morgan fingerprint density at radius 3 is 2.67 bits per heavy atom. The van der Waals surface area contributed by atoms with Crippen LogP contribution in [0.15, 0.2) is 41.3 Å². The number of ether oxygens (including phenoxy) is 1. The molecule has 0 bridgehead atoms. The minimum Gasteiger partial charge on any atom is -0.380 e. The maximum Gasteiger partial charge on any atom is 0.241 e. The maximum atomic E-state index is 14.0. The van der Waals surface area contributed by atoms with Crippen molar-refractivity contribution in [2.45, 2.75) is 30.7 Å². The molecule has 1 heterocycles. The average Bonchev–Trinajstić information content (AvgIpc) is 3.10. The number of Topliss-reactive ketones (excluding diaryl/α,β-unsaturated/α-hetero) is 1. The number of carbonyl (C=O) groups is 1. The minimum atomic E-state index is -3.98. The van der Waals surface area contributed by atoms with Gasteiger partial charge in [-0.15, -0.1) is 0 Å². The second kappa shape index (κ2) is 7.84. The van der Waals surface area contributed by atoms with Gasteiger partial charge in [0.05, 0.1) is 11.5 Å². The van der Waals surface area contributed by atoms with E-state index in [4.69, 9.17) is 4.74 Å². The molecule has 1 aliphatic heterocycles. The number of sulfonamides is 1.